The molecule has 144 valence electrons. The number of hydrogen-bond acceptors (Lipinski definition) is 7. The lowest BCUT2D eigenvalue weighted by atomic mass is 9.85. The molecule has 1 saturated carbocycles. The molecule has 0 N–H and O–H groups in total. The average molecular weight is 404 g/mol. The molecule has 2 amide bonds. The maximum absolute atomic E-state index is 12.7. The third kappa shape index (κ3) is 2.78. The number of hydrazone groups is 1. The molecule has 2 bridgehead atoms. The van der Waals surface area contributed by atoms with Gasteiger partial charge < -0.3 is 4.74 Å². The van der Waals surface area contributed by atoms with Crippen molar-refractivity contribution in [3.05, 3.63) is 45.0 Å². The van der Waals surface area contributed by atoms with Crippen molar-refractivity contribution >= 4 is 41.3 Å². The van der Waals surface area contributed by atoms with Gasteiger partial charge in [-0.25, -0.2) is 0 Å². The second-order valence-electron chi connectivity index (χ2n) is 6.93. The maximum Gasteiger partial charge on any atom is 0.313 e. The predicted molar refractivity (Wildman–Crippen MR) is 96.6 cm³/mol. The van der Waals surface area contributed by atoms with Crippen LogP contribution in [0.1, 0.15) is 18.9 Å². The van der Waals surface area contributed by atoms with Crippen LogP contribution >= 0.6 is 11.6 Å². The van der Waals surface area contributed by atoms with Gasteiger partial charge in [0.1, 0.15) is 0 Å². The number of amides is 2. The van der Waals surface area contributed by atoms with Crippen molar-refractivity contribution in [3.8, 4) is 5.75 Å². The van der Waals surface area contributed by atoms with Crippen LogP contribution in [0.4, 0.5) is 5.69 Å². The highest BCUT2D eigenvalue weighted by molar-refractivity contribution is 6.31. The van der Waals surface area contributed by atoms with Gasteiger partial charge in [-0.1, -0.05) is 23.8 Å². The first kappa shape index (κ1) is 18.3. The highest BCUT2D eigenvalue weighted by atomic mass is 35.5. The number of esters is 1. The summed E-state index contributed by atoms with van der Waals surface area (Å²) in [6.07, 6.45) is 5.79. The molecule has 0 aromatic heterocycles. The van der Waals surface area contributed by atoms with Crippen molar-refractivity contribution in [2.75, 3.05) is 0 Å². The Kier molecular flexibility index (Phi) is 4.26. The second kappa shape index (κ2) is 6.52. The Bertz CT molecular complexity index is 958. The monoisotopic (exact) mass is 403 g/mol. The van der Waals surface area contributed by atoms with Gasteiger partial charge in [0.2, 0.25) is 5.75 Å². The van der Waals surface area contributed by atoms with Crippen LogP contribution < -0.4 is 4.74 Å². The van der Waals surface area contributed by atoms with Gasteiger partial charge in [0.15, 0.2) is 0 Å². The number of allylic oxidation sites excluding steroid dienone is 2. The van der Waals surface area contributed by atoms with Gasteiger partial charge in [-0.3, -0.25) is 24.5 Å². The zero-order valence-electron chi connectivity index (χ0n) is 14.6. The Morgan fingerprint density at radius 2 is 1.89 bits per heavy atom. The lowest BCUT2D eigenvalue weighted by molar-refractivity contribution is -0.385. The molecule has 4 rings (SSSR count). The Balaban J connectivity index is 1.68. The van der Waals surface area contributed by atoms with E-state index in [-0.39, 0.29) is 28.2 Å². The number of halogens is 1. The number of benzene rings is 1. The van der Waals surface area contributed by atoms with E-state index in [0.29, 0.717) is 0 Å². The maximum atomic E-state index is 12.7. The quantitative estimate of drug-likeness (QED) is 0.145. The van der Waals surface area contributed by atoms with Gasteiger partial charge in [0.25, 0.3) is 11.8 Å². The van der Waals surface area contributed by atoms with Crippen molar-refractivity contribution in [2.45, 2.75) is 13.3 Å². The van der Waals surface area contributed by atoms with Crippen LogP contribution in [0.3, 0.4) is 0 Å². The summed E-state index contributed by atoms with van der Waals surface area (Å²) >= 11 is 5.92. The number of nitro benzene ring substituents is 1. The first-order chi connectivity index (χ1) is 13.3. The topological polar surface area (TPSA) is 119 Å². The van der Waals surface area contributed by atoms with E-state index >= 15 is 0 Å². The Labute approximate surface area is 163 Å². The molecule has 28 heavy (non-hydrogen) atoms. The van der Waals surface area contributed by atoms with E-state index in [2.05, 4.69) is 5.10 Å². The standard InChI is InChI=1S/C18H14ClN3O6/c1-8(23)28-16-11(5-12(19)6-13(16)22(26)27)7-20-21-17(24)14-9-2-3-10(4-9)15(14)18(21)25/h2-3,5-7,9-10,14-15H,4H2,1H3. The summed E-state index contributed by atoms with van der Waals surface area (Å²) in [7, 11) is 0. The lowest BCUT2D eigenvalue weighted by Crippen LogP contribution is -2.28. The molecule has 0 spiro atoms. The summed E-state index contributed by atoms with van der Waals surface area (Å²) in [6.45, 7) is 1.09. The number of imide groups is 1. The van der Waals surface area contributed by atoms with Gasteiger partial charge in [-0.2, -0.15) is 10.1 Å². The minimum atomic E-state index is -0.773. The van der Waals surface area contributed by atoms with E-state index in [1.807, 2.05) is 12.2 Å². The number of rotatable bonds is 4. The van der Waals surface area contributed by atoms with E-state index < -0.39 is 40.2 Å². The molecule has 10 heteroatoms. The van der Waals surface area contributed by atoms with Crippen molar-refractivity contribution in [1.29, 1.82) is 0 Å². The van der Waals surface area contributed by atoms with E-state index in [4.69, 9.17) is 16.3 Å². The Morgan fingerprint density at radius 3 is 2.43 bits per heavy atom. The molecule has 2 fully saturated rings. The van der Waals surface area contributed by atoms with Gasteiger partial charge in [0.05, 0.1) is 23.0 Å². The molecule has 0 radical (unpaired) electrons. The number of fused-ring (bicyclic) bond motifs is 5. The first-order valence-electron chi connectivity index (χ1n) is 8.54. The molecular weight excluding hydrogens is 390 g/mol. The molecule has 9 nitrogen and oxygen atoms in total. The summed E-state index contributed by atoms with van der Waals surface area (Å²) in [4.78, 5) is 47.2. The summed E-state index contributed by atoms with van der Waals surface area (Å²) in [6, 6.07) is 2.34. The summed E-state index contributed by atoms with van der Waals surface area (Å²) in [5.74, 6) is -2.67. The Morgan fingerprint density at radius 1 is 1.29 bits per heavy atom. The zero-order valence-corrected chi connectivity index (χ0v) is 15.3. The van der Waals surface area contributed by atoms with Crippen LogP contribution in [0.5, 0.6) is 5.75 Å². The molecule has 1 aromatic rings. The van der Waals surface area contributed by atoms with Gasteiger partial charge in [0, 0.05) is 23.6 Å². The van der Waals surface area contributed by atoms with Gasteiger partial charge in [-0.05, 0) is 24.3 Å². The molecule has 1 aliphatic heterocycles. The van der Waals surface area contributed by atoms with E-state index in [9.17, 15) is 24.5 Å². The fourth-order valence-corrected chi connectivity index (χ4v) is 4.43. The first-order valence-corrected chi connectivity index (χ1v) is 8.92. The number of hydrogen-bond donors (Lipinski definition) is 0. The van der Waals surface area contributed by atoms with Crippen molar-refractivity contribution in [2.24, 2.45) is 28.8 Å². The smallest absolute Gasteiger partial charge is 0.313 e. The molecule has 1 heterocycles. The summed E-state index contributed by atoms with van der Waals surface area (Å²) < 4.78 is 4.95. The van der Waals surface area contributed by atoms with Crippen LogP contribution in [0, 0.1) is 33.8 Å². The van der Waals surface area contributed by atoms with Crippen LogP contribution in [-0.4, -0.2) is 33.9 Å². The number of ether oxygens (including phenoxy) is 1. The fourth-order valence-electron chi connectivity index (χ4n) is 4.21. The third-order valence-electron chi connectivity index (χ3n) is 5.26. The zero-order chi connectivity index (χ0) is 20.2. The molecule has 2 aliphatic carbocycles. The van der Waals surface area contributed by atoms with Crippen LogP contribution in [0.15, 0.2) is 29.4 Å². The minimum Gasteiger partial charge on any atom is -0.419 e. The molecule has 3 aliphatic rings. The number of nitrogens with zero attached hydrogens (tertiary/aromatic N) is 3. The number of carbonyl (C=O) groups excluding carboxylic acids is 3. The van der Waals surface area contributed by atoms with E-state index in [0.717, 1.165) is 30.6 Å². The summed E-state index contributed by atoms with van der Waals surface area (Å²) in [5.41, 5.74) is -0.518. The highest BCUT2D eigenvalue weighted by Crippen LogP contribution is 2.52. The van der Waals surface area contributed by atoms with Crippen molar-refractivity contribution in [3.63, 3.8) is 0 Å². The molecule has 4 atom stereocenters. The fraction of sp³-hybridized carbons (Fsp3) is 0.333. The predicted octanol–water partition coefficient (Wildman–Crippen LogP) is 2.31. The molecule has 1 saturated heterocycles. The SMILES string of the molecule is CC(=O)Oc1c(C=NN2C(=O)C3C4C=CC(C4)C3C2=O)cc(Cl)cc1[N+](=O)[O-]. The summed E-state index contributed by atoms with van der Waals surface area (Å²) in [5, 5.41) is 16.0. The normalized spacial score (nSPS) is 27.7. The molecule has 4 unspecified atom stereocenters. The average Bonchev–Trinajstić information content (AvgIpc) is 3.29. The van der Waals surface area contributed by atoms with Crippen LogP contribution in [0.25, 0.3) is 0 Å². The lowest BCUT2D eigenvalue weighted by Gasteiger charge is -2.13. The minimum absolute atomic E-state index is 0.00755. The molecule has 1 aromatic carbocycles. The van der Waals surface area contributed by atoms with E-state index in [1.54, 1.807) is 0 Å². The van der Waals surface area contributed by atoms with Gasteiger partial charge >= 0.3 is 11.7 Å². The number of nitro groups is 1. The second-order valence-corrected chi connectivity index (χ2v) is 7.36. The third-order valence-corrected chi connectivity index (χ3v) is 5.48. The van der Waals surface area contributed by atoms with E-state index in [1.165, 1.54) is 6.07 Å². The van der Waals surface area contributed by atoms with Crippen LogP contribution in [-0.2, 0) is 14.4 Å². The molecular formula is C18H14ClN3O6. The highest BCUT2D eigenvalue weighted by Gasteiger charge is 2.59. The van der Waals surface area contributed by atoms with Crippen LogP contribution in [0.2, 0.25) is 5.02 Å². The number of carbonyl (C=O) groups is 3. The van der Waals surface area contributed by atoms with Crippen molar-refractivity contribution < 1.29 is 24.0 Å². The van der Waals surface area contributed by atoms with Gasteiger partial charge in [-0.15, -0.1) is 0 Å². The Hall–Kier alpha value is -3.07. The van der Waals surface area contributed by atoms with Crippen molar-refractivity contribution in [1.82, 2.24) is 5.01 Å². The largest absolute Gasteiger partial charge is 0.419 e.